The van der Waals surface area contributed by atoms with Crippen LogP contribution in [0.15, 0.2) is 12.7 Å². The van der Waals surface area contributed by atoms with E-state index >= 15 is 0 Å². The number of carbonyl (C=O) groups is 1. The van der Waals surface area contributed by atoms with E-state index in [1.807, 2.05) is 0 Å². The van der Waals surface area contributed by atoms with Crippen LogP contribution in [-0.4, -0.2) is 12.6 Å². The van der Waals surface area contributed by atoms with Gasteiger partial charge < -0.3 is 4.74 Å². The minimum Gasteiger partial charge on any atom is -0.463 e. The molecule has 0 aliphatic heterocycles. The fourth-order valence-corrected chi connectivity index (χ4v) is 1.35. The molecule has 76 valence electrons. The smallest absolute Gasteiger partial charge is 0.330 e. The maximum absolute atomic E-state index is 10.7. The SMILES string of the molecule is C=CC(=O)OCCC(CC)CCC. The van der Waals surface area contributed by atoms with Crippen molar-refractivity contribution in [1.29, 1.82) is 0 Å². The first-order valence-corrected chi connectivity index (χ1v) is 5.03. The highest BCUT2D eigenvalue weighted by Crippen LogP contribution is 2.14. The molecule has 0 saturated heterocycles. The van der Waals surface area contributed by atoms with Gasteiger partial charge in [-0.2, -0.15) is 0 Å². The molecule has 1 unspecified atom stereocenters. The van der Waals surface area contributed by atoms with Gasteiger partial charge in [0, 0.05) is 6.08 Å². The van der Waals surface area contributed by atoms with Gasteiger partial charge in [-0.15, -0.1) is 0 Å². The number of hydrogen-bond acceptors (Lipinski definition) is 2. The van der Waals surface area contributed by atoms with E-state index in [4.69, 9.17) is 4.74 Å². The van der Waals surface area contributed by atoms with Crippen molar-refractivity contribution in [3.05, 3.63) is 12.7 Å². The zero-order chi connectivity index (χ0) is 10.1. The molecule has 0 aromatic heterocycles. The largest absolute Gasteiger partial charge is 0.463 e. The van der Waals surface area contributed by atoms with Crippen LogP contribution in [0.1, 0.15) is 39.5 Å². The van der Waals surface area contributed by atoms with Crippen LogP contribution in [0.5, 0.6) is 0 Å². The molecule has 0 aliphatic carbocycles. The lowest BCUT2D eigenvalue weighted by Crippen LogP contribution is -2.07. The Kier molecular flexibility index (Phi) is 7.36. The van der Waals surface area contributed by atoms with Crippen LogP contribution in [-0.2, 0) is 9.53 Å². The first kappa shape index (κ1) is 12.2. The Bertz CT molecular complexity index is 152. The van der Waals surface area contributed by atoms with Crippen molar-refractivity contribution >= 4 is 5.97 Å². The molecule has 1 atom stereocenters. The predicted molar refractivity (Wildman–Crippen MR) is 54.5 cm³/mol. The van der Waals surface area contributed by atoms with E-state index in [1.165, 1.54) is 25.3 Å². The maximum Gasteiger partial charge on any atom is 0.330 e. The van der Waals surface area contributed by atoms with Gasteiger partial charge >= 0.3 is 5.97 Å². The molecule has 2 nitrogen and oxygen atoms in total. The third-order valence-electron chi connectivity index (χ3n) is 2.21. The number of esters is 1. The topological polar surface area (TPSA) is 26.3 Å². The second kappa shape index (κ2) is 7.84. The molecular formula is C11H20O2. The monoisotopic (exact) mass is 184 g/mol. The molecule has 0 fully saturated rings. The molecule has 0 N–H and O–H groups in total. The molecule has 0 heterocycles. The summed E-state index contributed by atoms with van der Waals surface area (Å²) in [5.74, 6) is 0.383. The molecule has 0 aromatic rings. The van der Waals surface area contributed by atoms with Gasteiger partial charge in [0.25, 0.3) is 0 Å². The van der Waals surface area contributed by atoms with E-state index in [0.29, 0.717) is 12.5 Å². The van der Waals surface area contributed by atoms with E-state index in [9.17, 15) is 4.79 Å². The van der Waals surface area contributed by atoms with Gasteiger partial charge in [-0.1, -0.05) is 39.7 Å². The predicted octanol–water partition coefficient (Wildman–Crippen LogP) is 2.93. The van der Waals surface area contributed by atoms with Gasteiger partial charge in [-0.3, -0.25) is 0 Å². The summed E-state index contributed by atoms with van der Waals surface area (Å²) >= 11 is 0. The van der Waals surface area contributed by atoms with E-state index < -0.39 is 0 Å². The Balaban J connectivity index is 3.48. The van der Waals surface area contributed by atoms with Gasteiger partial charge in [0.05, 0.1) is 6.61 Å². The average molecular weight is 184 g/mol. The summed E-state index contributed by atoms with van der Waals surface area (Å²) in [6.07, 6.45) is 5.78. The maximum atomic E-state index is 10.7. The number of carbonyl (C=O) groups excluding carboxylic acids is 1. The molecule has 2 heteroatoms. The second-order valence-electron chi connectivity index (χ2n) is 3.22. The van der Waals surface area contributed by atoms with E-state index in [1.54, 1.807) is 0 Å². The number of hydrogen-bond donors (Lipinski definition) is 0. The van der Waals surface area contributed by atoms with Crippen LogP contribution in [0.2, 0.25) is 0 Å². The lowest BCUT2D eigenvalue weighted by atomic mass is 9.98. The van der Waals surface area contributed by atoms with Crippen molar-refractivity contribution < 1.29 is 9.53 Å². The van der Waals surface area contributed by atoms with Crippen LogP contribution in [0.25, 0.3) is 0 Å². The standard InChI is InChI=1S/C11H20O2/c1-4-7-10(5-2)8-9-13-11(12)6-3/h6,10H,3-5,7-9H2,1-2H3. The van der Waals surface area contributed by atoms with Crippen molar-refractivity contribution in [3.63, 3.8) is 0 Å². The Morgan fingerprint density at radius 3 is 2.62 bits per heavy atom. The van der Waals surface area contributed by atoms with Crippen LogP contribution in [0.4, 0.5) is 0 Å². The van der Waals surface area contributed by atoms with Gasteiger partial charge in [0.2, 0.25) is 0 Å². The van der Waals surface area contributed by atoms with Gasteiger partial charge in [0.1, 0.15) is 0 Å². The van der Waals surface area contributed by atoms with Gasteiger partial charge in [-0.05, 0) is 12.3 Å². The molecule has 0 amide bonds. The normalized spacial score (nSPS) is 12.2. The summed E-state index contributed by atoms with van der Waals surface area (Å²) in [5.41, 5.74) is 0. The lowest BCUT2D eigenvalue weighted by molar-refractivity contribution is -0.138. The average Bonchev–Trinajstić information content (AvgIpc) is 2.16. The summed E-state index contributed by atoms with van der Waals surface area (Å²) < 4.78 is 4.91. The van der Waals surface area contributed by atoms with E-state index in [-0.39, 0.29) is 5.97 Å². The van der Waals surface area contributed by atoms with Crippen molar-refractivity contribution in [2.45, 2.75) is 39.5 Å². The summed E-state index contributed by atoms with van der Waals surface area (Å²) in [4.78, 5) is 10.7. The second-order valence-corrected chi connectivity index (χ2v) is 3.22. The zero-order valence-electron chi connectivity index (χ0n) is 8.71. The fraction of sp³-hybridized carbons (Fsp3) is 0.727. The number of ether oxygens (including phenoxy) is 1. The van der Waals surface area contributed by atoms with E-state index in [2.05, 4.69) is 20.4 Å². The molecule has 0 bridgehead atoms. The van der Waals surface area contributed by atoms with Crippen LogP contribution in [0.3, 0.4) is 0 Å². The first-order valence-electron chi connectivity index (χ1n) is 5.03. The molecule has 0 aliphatic rings. The molecular weight excluding hydrogens is 164 g/mol. The van der Waals surface area contributed by atoms with Gasteiger partial charge in [-0.25, -0.2) is 4.79 Å². The summed E-state index contributed by atoms with van der Waals surface area (Å²) in [6, 6.07) is 0. The third-order valence-corrected chi connectivity index (χ3v) is 2.21. The first-order chi connectivity index (χ1) is 6.24. The van der Waals surface area contributed by atoms with Crippen molar-refractivity contribution in [3.8, 4) is 0 Å². The van der Waals surface area contributed by atoms with E-state index in [0.717, 1.165) is 6.42 Å². The van der Waals surface area contributed by atoms with Crippen LogP contribution >= 0.6 is 0 Å². The summed E-state index contributed by atoms with van der Waals surface area (Å²) in [5, 5.41) is 0. The molecule has 0 radical (unpaired) electrons. The van der Waals surface area contributed by atoms with Crippen molar-refractivity contribution in [2.75, 3.05) is 6.61 Å². The van der Waals surface area contributed by atoms with Gasteiger partial charge in [0.15, 0.2) is 0 Å². The Morgan fingerprint density at radius 1 is 1.46 bits per heavy atom. The Hall–Kier alpha value is -0.790. The zero-order valence-corrected chi connectivity index (χ0v) is 8.71. The van der Waals surface area contributed by atoms with Crippen LogP contribution < -0.4 is 0 Å². The minimum absolute atomic E-state index is 0.314. The summed E-state index contributed by atoms with van der Waals surface area (Å²) in [7, 11) is 0. The highest BCUT2D eigenvalue weighted by Gasteiger charge is 2.05. The van der Waals surface area contributed by atoms with Crippen molar-refractivity contribution in [2.24, 2.45) is 5.92 Å². The molecule has 0 aromatic carbocycles. The fourth-order valence-electron chi connectivity index (χ4n) is 1.35. The Morgan fingerprint density at radius 2 is 2.15 bits per heavy atom. The Labute approximate surface area is 81.0 Å². The highest BCUT2D eigenvalue weighted by molar-refractivity contribution is 5.81. The third kappa shape index (κ3) is 6.38. The highest BCUT2D eigenvalue weighted by atomic mass is 16.5. The minimum atomic E-state index is -0.314. The molecule has 0 saturated carbocycles. The lowest BCUT2D eigenvalue weighted by Gasteiger charge is -2.12. The molecule has 0 rings (SSSR count). The molecule has 13 heavy (non-hydrogen) atoms. The van der Waals surface area contributed by atoms with Crippen LogP contribution in [0, 0.1) is 5.92 Å². The molecule has 0 spiro atoms. The summed E-state index contributed by atoms with van der Waals surface area (Å²) in [6.45, 7) is 8.23. The quantitative estimate of drug-likeness (QED) is 0.449. The number of rotatable bonds is 7. The van der Waals surface area contributed by atoms with Crippen molar-refractivity contribution in [1.82, 2.24) is 0 Å².